The fraction of sp³-hybridized carbons (Fsp3) is 0.238. The molecule has 0 spiro atoms. The molecule has 1 atom stereocenters. The molecule has 0 saturated carbocycles. The third kappa shape index (κ3) is 3.80. The molecule has 27 heavy (non-hydrogen) atoms. The fourth-order valence-electron chi connectivity index (χ4n) is 3.18. The number of nitrogens with zero attached hydrogens (tertiary/aromatic N) is 2. The predicted octanol–water partition coefficient (Wildman–Crippen LogP) is 5.17. The molecule has 0 fully saturated rings. The molecule has 0 unspecified atom stereocenters. The predicted molar refractivity (Wildman–Crippen MR) is 110 cm³/mol. The molecule has 5 nitrogen and oxygen atoms in total. The average molecular weight is 379 g/mol. The van der Waals surface area contributed by atoms with Crippen molar-refractivity contribution in [3.8, 4) is 0 Å². The number of amides is 1. The van der Waals surface area contributed by atoms with Crippen molar-refractivity contribution >= 4 is 34.0 Å². The van der Waals surface area contributed by atoms with Gasteiger partial charge < -0.3 is 14.9 Å². The van der Waals surface area contributed by atoms with Crippen LogP contribution in [0.15, 0.2) is 59.6 Å². The minimum atomic E-state index is -0.0113. The molecule has 1 amide bonds. The highest BCUT2D eigenvalue weighted by atomic mass is 32.1. The highest BCUT2D eigenvalue weighted by Gasteiger charge is 2.18. The molecule has 4 aromatic rings. The molecule has 0 aliphatic heterocycles. The number of aromatic amines is 1. The van der Waals surface area contributed by atoms with Gasteiger partial charge >= 0.3 is 0 Å². The molecule has 0 radical (unpaired) electrons. The van der Waals surface area contributed by atoms with E-state index in [9.17, 15) is 4.79 Å². The number of benzene rings is 1. The van der Waals surface area contributed by atoms with E-state index >= 15 is 0 Å². The van der Waals surface area contributed by atoms with Crippen LogP contribution in [0.4, 0.5) is 5.69 Å². The topological polar surface area (TPSA) is 62.7 Å². The van der Waals surface area contributed by atoms with Gasteiger partial charge in [0, 0.05) is 24.0 Å². The van der Waals surface area contributed by atoms with Crippen LogP contribution in [0.2, 0.25) is 0 Å². The molecule has 3 heterocycles. The number of H-pyrrole nitrogens is 1. The van der Waals surface area contributed by atoms with Gasteiger partial charge in [-0.15, -0.1) is 0 Å². The molecular formula is C21H22N4OS. The van der Waals surface area contributed by atoms with Gasteiger partial charge in [-0.05, 0) is 52.7 Å². The number of fused-ring (bicyclic) bond motifs is 1. The van der Waals surface area contributed by atoms with E-state index in [0.717, 1.165) is 28.1 Å². The summed E-state index contributed by atoms with van der Waals surface area (Å²) in [6.45, 7) is 4.21. The Morgan fingerprint density at radius 1 is 1.26 bits per heavy atom. The minimum Gasteiger partial charge on any atom is -0.346 e. The van der Waals surface area contributed by atoms with Crippen molar-refractivity contribution in [1.29, 1.82) is 0 Å². The van der Waals surface area contributed by atoms with Gasteiger partial charge in [-0.25, -0.2) is 4.98 Å². The van der Waals surface area contributed by atoms with Gasteiger partial charge in [0.05, 0.1) is 23.5 Å². The fourth-order valence-corrected chi connectivity index (χ4v) is 3.89. The van der Waals surface area contributed by atoms with Crippen molar-refractivity contribution in [3.63, 3.8) is 0 Å². The third-order valence-corrected chi connectivity index (χ3v) is 5.33. The number of hydrogen-bond acceptors (Lipinski definition) is 3. The van der Waals surface area contributed by atoms with Crippen LogP contribution in [0.25, 0.3) is 11.0 Å². The molecule has 0 bridgehead atoms. The molecule has 6 heteroatoms. The van der Waals surface area contributed by atoms with Crippen molar-refractivity contribution < 1.29 is 4.79 Å². The van der Waals surface area contributed by atoms with Crippen LogP contribution in [0.3, 0.4) is 0 Å². The number of imidazole rings is 1. The van der Waals surface area contributed by atoms with Gasteiger partial charge in [0.25, 0.3) is 0 Å². The SMILES string of the molecule is CC(C)c1nc2ccc(NC(=O)C[C@@H](c3ccsc3)n3cccc3)cc2[nH]1. The summed E-state index contributed by atoms with van der Waals surface area (Å²) in [6, 6.07) is 11.8. The average Bonchev–Trinajstić information content (AvgIpc) is 3.40. The first-order valence-corrected chi connectivity index (χ1v) is 9.98. The monoisotopic (exact) mass is 378 g/mol. The molecule has 1 aromatic carbocycles. The summed E-state index contributed by atoms with van der Waals surface area (Å²) in [5.41, 5.74) is 3.79. The molecule has 4 rings (SSSR count). The Morgan fingerprint density at radius 3 is 2.78 bits per heavy atom. The Bertz CT molecular complexity index is 997. The van der Waals surface area contributed by atoms with Crippen molar-refractivity contribution in [2.45, 2.75) is 32.2 Å². The first-order chi connectivity index (χ1) is 13.1. The summed E-state index contributed by atoms with van der Waals surface area (Å²) in [6.07, 6.45) is 4.38. The van der Waals surface area contributed by atoms with E-state index in [1.165, 1.54) is 0 Å². The van der Waals surface area contributed by atoms with Crippen LogP contribution in [0.5, 0.6) is 0 Å². The lowest BCUT2D eigenvalue weighted by Crippen LogP contribution is -2.19. The zero-order valence-corrected chi connectivity index (χ0v) is 16.2. The molecule has 0 saturated heterocycles. The first-order valence-electron chi connectivity index (χ1n) is 9.04. The maximum Gasteiger partial charge on any atom is 0.226 e. The number of hydrogen-bond donors (Lipinski definition) is 2. The third-order valence-electron chi connectivity index (χ3n) is 4.62. The molecule has 138 valence electrons. The zero-order chi connectivity index (χ0) is 18.8. The summed E-state index contributed by atoms with van der Waals surface area (Å²) >= 11 is 1.65. The lowest BCUT2D eigenvalue weighted by atomic mass is 10.1. The summed E-state index contributed by atoms with van der Waals surface area (Å²) in [7, 11) is 0. The van der Waals surface area contributed by atoms with E-state index in [4.69, 9.17) is 0 Å². The van der Waals surface area contributed by atoms with Crippen LogP contribution < -0.4 is 5.32 Å². The van der Waals surface area contributed by atoms with Crippen molar-refractivity contribution in [1.82, 2.24) is 14.5 Å². The largest absolute Gasteiger partial charge is 0.346 e. The van der Waals surface area contributed by atoms with Gasteiger partial charge in [-0.1, -0.05) is 13.8 Å². The second-order valence-corrected chi connectivity index (χ2v) is 7.74. The number of carbonyl (C=O) groups excluding carboxylic acids is 1. The van der Waals surface area contributed by atoms with E-state index in [0.29, 0.717) is 12.3 Å². The van der Waals surface area contributed by atoms with Crippen LogP contribution in [-0.4, -0.2) is 20.4 Å². The Kier molecular flexibility index (Phi) is 4.81. The summed E-state index contributed by atoms with van der Waals surface area (Å²) in [5.74, 6) is 1.28. The lowest BCUT2D eigenvalue weighted by Gasteiger charge is -2.18. The Hall–Kier alpha value is -2.86. The van der Waals surface area contributed by atoms with E-state index in [1.54, 1.807) is 11.3 Å². The van der Waals surface area contributed by atoms with Gasteiger partial charge in [-0.3, -0.25) is 4.79 Å². The van der Waals surface area contributed by atoms with Crippen molar-refractivity contribution in [2.24, 2.45) is 0 Å². The number of nitrogens with one attached hydrogen (secondary N) is 2. The van der Waals surface area contributed by atoms with Crippen LogP contribution in [0, 0.1) is 0 Å². The smallest absolute Gasteiger partial charge is 0.226 e. The maximum atomic E-state index is 12.7. The number of thiophene rings is 1. The second-order valence-electron chi connectivity index (χ2n) is 6.96. The number of carbonyl (C=O) groups is 1. The Morgan fingerprint density at radius 2 is 2.07 bits per heavy atom. The number of anilines is 1. The van der Waals surface area contributed by atoms with Gasteiger partial charge in [0.1, 0.15) is 5.82 Å². The van der Waals surface area contributed by atoms with Crippen LogP contribution in [-0.2, 0) is 4.79 Å². The van der Waals surface area contributed by atoms with Gasteiger partial charge in [-0.2, -0.15) is 11.3 Å². The van der Waals surface area contributed by atoms with Gasteiger partial charge in [0.15, 0.2) is 0 Å². The highest BCUT2D eigenvalue weighted by molar-refractivity contribution is 7.08. The molecule has 0 aliphatic rings. The van der Waals surface area contributed by atoms with E-state index in [2.05, 4.69) is 45.1 Å². The van der Waals surface area contributed by atoms with Crippen LogP contribution in [0.1, 0.15) is 43.6 Å². The Labute approximate surface area is 162 Å². The summed E-state index contributed by atoms with van der Waals surface area (Å²) < 4.78 is 2.08. The molecular weight excluding hydrogens is 356 g/mol. The van der Waals surface area contributed by atoms with Gasteiger partial charge in [0.2, 0.25) is 5.91 Å². The standard InChI is InChI=1S/C21H22N4OS/c1-14(2)21-23-17-6-5-16(11-18(17)24-21)22-20(26)12-19(15-7-10-27-13-15)25-8-3-4-9-25/h3-11,13-14,19H,12H2,1-2H3,(H,22,26)(H,23,24)/t19-/m0/s1. The Balaban J connectivity index is 1.52. The summed E-state index contributed by atoms with van der Waals surface area (Å²) in [4.78, 5) is 20.6. The van der Waals surface area contributed by atoms with Crippen LogP contribution >= 0.6 is 11.3 Å². The molecule has 0 aliphatic carbocycles. The number of rotatable bonds is 6. The highest BCUT2D eigenvalue weighted by Crippen LogP contribution is 2.26. The van der Waals surface area contributed by atoms with Crippen molar-refractivity contribution in [2.75, 3.05) is 5.32 Å². The lowest BCUT2D eigenvalue weighted by molar-refractivity contribution is -0.116. The van der Waals surface area contributed by atoms with E-state index in [1.807, 2.05) is 48.1 Å². The molecule has 2 N–H and O–H groups in total. The summed E-state index contributed by atoms with van der Waals surface area (Å²) in [5, 5.41) is 7.17. The quantitative estimate of drug-likeness (QED) is 0.486. The minimum absolute atomic E-state index is 0.00493. The zero-order valence-electron chi connectivity index (χ0n) is 15.3. The second kappa shape index (κ2) is 7.40. The molecule has 3 aromatic heterocycles. The first kappa shape index (κ1) is 17.5. The maximum absolute atomic E-state index is 12.7. The number of aromatic nitrogens is 3. The van der Waals surface area contributed by atoms with E-state index in [-0.39, 0.29) is 11.9 Å². The van der Waals surface area contributed by atoms with Crippen molar-refractivity contribution in [3.05, 3.63) is 70.9 Å². The van der Waals surface area contributed by atoms with E-state index < -0.39 is 0 Å². The normalized spacial score (nSPS) is 12.6.